The van der Waals surface area contributed by atoms with E-state index in [9.17, 15) is 22.0 Å². The van der Waals surface area contributed by atoms with Crippen LogP contribution in [0.4, 0.5) is 14.5 Å². The second kappa shape index (κ2) is 10.3. The number of piperidine rings is 1. The monoisotopic (exact) mass is 515 g/mol. The first-order valence-electron chi connectivity index (χ1n) is 11.5. The summed E-state index contributed by atoms with van der Waals surface area (Å²) >= 11 is 0. The Bertz CT molecular complexity index is 1420. The third-order valence-electron chi connectivity index (χ3n) is 6.28. The van der Waals surface area contributed by atoms with Gasteiger partial charge in [0.15, 0.2) is 10.7 Å². The van der Waals surface area contributed by atoms with Gasteiger partial charge in [-0.1, -0.05) is 17.3 Å². The van der Waals surface area contributed by atoms with Crippen molar-refractivity contribution in [2.24, 2.45) is 5.92 Å². The Morgan fingerprint density at radius 2 is 1.81 bits per heavy atom. The highest BCUT2D eigenvalue weighted by molar-refractivity contribution is 7.89. The fourth-order valence-electron chi connectivity index (χ4n) is 4.19. The van der Waals surface area contributed by atoms with Crippen molar-refractivity contribution >= 4 is 33.8 Å². The molecule has 4 rings (SSSR count). The van der Waals surface area contributed by atoms with Gasteiger partial charge in [0.2, 0.25) is 15.9 Å². The normalized spacial score (nSPS) is 15.5. The predicted molar refractivity (Wildman–Crippen MR) is 133 cm³/mol. The Kier molecular flexibility index (Phi) is 7.37. The summed E-state index contributed by atoms with van der Waals surface area (Å²) in [5, 5.41) is 6.75. The van der Waals surface area contributed by atoms with Crippen LogP contribution in [0.5, 0.6) is 0 Å². The minimum absolute atomic E-state index is 0.0500. The first kappa shape index (κ1) is 25.7. The zero-order valence-electron chi connectivity index (χ0n) is 20.2. The van der Waals surface area contributed by atoms with Gasteiger partial charge in [-0.3, -0.25) is 4.79 Å². The molecule has 1 aromatic heterocycles. The topological polar surface area (TPSA) is 92.5 Å². The van der Waals surface area contributed by atoms with Crippen molar-refractivity contribution in [2.75, 3.05) is 18.4 Å². The number of benzene rings is 2. The lowest BCUT2D eigenvalue weighted by Crippen LogP contribution is -2.41. The van der Waals surface area contributed by atoms with E-state index >= 15 is 0 Å². The lowest BCUT2D eigenvalue weighted by molar-refractivity contribution is -0.120. The summed E-state index contributed by atoms with van der Waals surface area (Å²) in [5.74, 6) is -2.00. The minimum atomic E-state index is -3.98. The quantitative estimate of drug-likeness (QED) is 0.494. The van der Waals surface area contributed by atoms with Gasteiger partial charge in [-0.05, 0) is 75.1 Å². The summed E-state index contributed by atoms with van der Waals surface area (Å²) in [6, 6.07) is 8.91. The molecule has 36 heavy (non-hydrogen) atoms. The van der Waals surface area contributed by atoms with Gasteiger partial charge in [0, 0.05) is 36.3 Å². The number of hydrogen-bond donors (Lipinski definition) is 1. The van der Waals surface area contributed by atoms with Crippen LogP contribution < -0.4 is 5.32 Å². The molecule has 1 amide bonds. The molecule has 1 saturated heterocycles. The molecule has 1 aliphatic heterocycles. The molecule has 0 radical (unpaired) electrons. The standard InChI is InChI=1S/C26H27F2N3O4S/c1-16-4-5-17(2)23(14-16)29-26(32)20-10-12-31(13-11-20)36(33,34)25-18(3)30-35-24(25)9-7-19-6-8-21(27)15-22(19)28/h4-9,14-15,20H,10-13H2,1-3H3,(H,29,32)/b9-7+. The SMILES string of the molecule is Cc1ccc(C)c(NC(=O)C2CCN(S(=O)(=O)c3c(C)noc3/C=C/c3ccc(F)cc3F)CC2)c1. The average Bonchev–Trinajstić information content (AvgIpc) is 3.22. The van der Waals surface area contributed by atoms with E-state index in [1.165, 1.54) is 29.4 Å². The number of amides is 1. The van der Waals surface area contributed by atoms with E-state index in [-0.39, 0.29) is 46.8 Å². The van der Waals surface area contributed by atoms with Gasteiger partial charge < -0.3 is 9.84 Å². The second-order valence-electron chi connectivity index (χ2n) is 8.95. The van der Waals surface area contributed by atoms with Gasteiger partial charge in [0.1, 0.15) is 17.3 Å². The maximum atomic E-state index is 14.0. The van der Waals surface area contributed by atoms with Gasteiger partial charge in [-0.2, -0.15) is 4.31 Å². The van der Waals surface area contributed by atoms with Crippen LogP contribution in [0.2, 0.25) is 0 Å². The van der Waals surface area contributed by atoms with Crippen molar-refractivity contribution in [3.8, 4) is 0 Å². The van der Waals surface area contributed by atoms with E-state index in [1.807, 2.05) is 32.0 Å². The Morgan fingerprint density at radius 3 is 2.50 bits per heavy atom. The highest BCUT2D eigenvalue weighted by Gasteiger charge is 2.36. The lowest BCUT2D eigenvalue weighted by atomic mass is 9.97. The van der Waals surface area contributed by atoms with Crippen LogP contribution in [0, 0.1) is 38.3 Å². The number of carbonyl (C=O) groups excluding carboxylic acids is 1. The number of sulfonamides is 1. The maximum absolute atomic E-state index is 14.0. The zero-order chi connectivity index (χ0) is 26.0. The number of aromatic nitrogens is 1. The van der Waals surface area contributed by atoms with E-state index in [4.69, 9.17) is 4.52 Å². The van der Waals surface area contributed by atoms with Crippen LogP contribution in [-0.4, -0.2) is 36.9 Å². The zero-order valence-corrected chi connectivity index (χ0v) is 21.0. The van der Waals surface area contributed by atoms with Crippen LogP contribution in [0.1, 0.15) is 41.0 Å². The Morgan fingerprint density at radius 1 is 1.08 bits per heavy atom. The number of halogens is 2. The second-order valence-corrected chi connectivity index (χ2v) is 10.8. The van der Waals surface area contributed by atoms with E-state index in [0.717, 1.165) is 28.9 Å². The highest BCUT2D eigenvalue weighted by Crippen LogP contribution is 2.30. The molecular formula is C26H27F2N3O4S. The smallest absolute Gasteiger partial charge is 0.248 e. The number of nitrogens with zero attached hydrogens (tertiary/aromatic N) is 2. The Labute approximate surface area is 208 Å². The Balaban J connectivity index is 1.47. The summed E-state index contributed by atoms with van der Waals surface area (Å²) in [7, 11) is -3.98. The van der Waals surface area contributed by atoms with Crippen molar-refractivity contribution in [3.63, 3.8) is 0 Å². The molecule has 0 aliphatic carbocycles. The molecule has 0 unspecified atom stereocenters. The third kappa shape index (κ3) is 5.39. The van der Waals surface area contributed by atoms with Crippen LogP contribution in [-0.2, 0) is 14.8 Å². The van der Waals surface area contributed by atoms with Gasteiger partial charge in [0.25, 0.3) is 0 Å². The molecular weight excluding hydrogens is 488 g/mol. The molecule has 0 spiro atoms. The maximum Gasteiger partial charge on any atom is 0.248 e. The molecule has 1 N–H and O–H groups in total. The fraction of sp³-hybridized carbons (Fsp3) is 0.308. The van der Waals surface area contributed by atoms with Crippen LogP contribution in [0.15, 0.2) is 45.8 Å². The van der Waals surface area contributed by atoms with Crippen LogP contribution in [0.3, 0.4) is 0 Å². The van der Waals surface area contributed by atoms with Crippen molar-refractivity contribution in [3.05, 3.63) is 76.2 Å². The molecule has 0 atom stereocenters. The summed E-state index contributed by atoms with van der Waals surface area (Å²) in [6.07, 6.45) is 3.34. The van der Waals surface area contributed by atoms with E-state index in [2.05, 4.69) is 10.5 Å². The minimum Gasteiger partial charge on any atom is -0.355 e. The van der Waals surface area contributed by atoms with Crippen molar-refractivity contribution in [1.29, 1.82) is 0 Å². The summed E-state index contributed by atoms with van der Waals surface area (Å²) in [6.45, 7) is 5.70. The molecule has 3 aromatic rings. The number of hydrogen-bond acceptors (Lipinski definition) is 5. The van der Waals surface area contributed by atoms with Crippen LogP contribution >= 0.6 is 0 Å². The molecule has 0 saturated carbocycles. The molecule has 1 fully saturated rings. The molecule has 2 heterocycles. The number of nitrogens with one attached hydrogen (secondary N) is 1. The van der Waals surface area contributed by atoms with E-state index in [0.29, 0.717) is 12.8 Å². The predicted octanol–water partition coefficient (Wildman–Crippen LogP) is 5.09. The van der Waals surface area contributed by atoms with Crippen molar-refractivity contribution < 1.29 is 26.5 Å². The third-order valence-corrected chi connectivity index (χ3v) is 8.34. The van der Waals surface area contributed by atoms with E-state index < -0.39 is 21.7 Å². The molecule has 0 bridgehead atoms. The fourth-order valence-corrected chi connectivity index (χ4v) is 5.91. The van der Waals surface area contributed by atoms with Gasteiger partial charge in [-0.15, -0.1) is 0 Å². The van der Waals surface area contributed by atoms with E-state index in [1.54, 1.807) is 0 Å². The largest absolute Gasteiger partial charge is 0.355 e. The Hall–Kier alpha value is -3.37. The first-order valence-corrected chi connectivity index (χ1v) is 13.0. The summed E-state index contributed by atoms with van der Waals surface area (Å²) in [5.41, 5.74) is 2.99. The van der Waals surface area contributed by atoms with Crippen molar-refractivity contribution in [2.45, 2.75) is 38.5 Å². The number of rotatable bonds is 6. The van der Waals surface area contributed by atoms with Crippen LogP contribution in [0.25, 0.3) is 12.2 Å². The van der Waals surface area contributed by atoms with Crippen molar-refractivity contribution in [1.82, 2.24) is 9.46 Å². The molecule has 7 nitrogen and oxygen atoms in total. The van der Waals surface area contributed by atoms with Gasteiger partial charge in [-0.25, -0.2) is 17.2 Å². The summed E-state index contributed by atoms with van der Waals surface area (Å²) < 4.78 is 60.5. The number of aryl methyl sites for hydroxylation is 3. The number of anilines is 1. The highest BCUT2D eigenvalue weighted by atomic mass is 32.2. The lowest BCUT2D eigenvalue weighted by Gasteiger charge is -2.30. The molecule has 190 valence electrons. The molecule has 1 aliphatic rings. The first-order chi connectivity index (χ1) is 17.1. The molecule has 10 heteroatoms. The van der Waals surface area contributed by atoms with Gasteiger partial charge >= 0.3 is 0 Å². The summed E-state index contributed by atoms with van der Waals surface area (Å²) in [4.78, 5) is 12.7. The van der Waals surface area contributed by atoms with Gasteiger partial charge in [0.05, 0.1) is 0 Å². The number of carbonyl (C=O) groups is 1. The average molecular weight is 516 g/mol. The molecule has 2 aromatic carbocycles.